The zero-order valence-electron chi connectivity index (χ0n) is 16.4. The Bertz CT molecular complexity index is 560. The van der Waals surface area contributed by atoms with Gasteiger partial charge >= 0.3 is 0 Å². The summed E-state index contributed by atoms with van der Waals surface area (Å²) in [5.74, 6) is 1.62. The van der Waals surface area contributed by atoms with Gasteiger partial charge in [0.2, 0.25) is 0 Å². The van der Waals surface area contributed by atoms with Gasteiger partial charge in [0.05, 0.1) is 0 Å². The Morgan fingerprint density at radius 1 is 1.35 bits per heavy atom. The van der Waals surface area contributed by atoms with Crippen LogP contribution in [-0.4, -0.2) is 55.6 Å². The van der Waals surface area contributed by atoms with Gasteiger partial charge in [0, 0.05) is 35.8 Å². The molecular weight excluding hydrogens is 360 g/mol. The summed E-state index contributed by atoms with van der Waals surface area (Å²) < 4.78 is 0. The van der Waals surface area contributed by atoms with E-state index in [2.05, 4.69) is 51.3 Å². The number of hydrogen-bond acceptors (Lipinski definition) is 4. The molecule has 3 rings (SSSR count). The standard InChI is InChI=1S/C20H34N4S2/c1-21-20(23-16-8-4-9-17(13-16)25-3)22-14-15-7-5-11-24(2)19(15)18-10-6-12-26-18/h6,10,12,15-17,19H,4-5,7-9,11,13-14H2,1-3H3,(H2,21,22,23). The molecule has 1 aliphatic carbocycles. The minimum Gasteiger partial charge on any atom is -0.356 e. The van der Waals surface area contributed by atoms with Gasteiger partial charge in [-0.1, -0.05) is 12.5 Å². The van der Waals surface area contributed by atoms with Crippen LogP contribution in [0.4, 0.5) is 0 Å². The molecule has 1 saturated heterocycles. The molecule has 1 aromatic heterocycles. The highest BCUT2D eigenvalue weighted by Gasteiger charge is 2.31. The topological polar surface area (TPSA) is 39.7 Å². The number of likely N-dealkylation sites (tertiary alicyclic amines) is 1. The summed E-state index contributed by atoms with van der Waals surface area (Å²) in [6.45, 7) is 2.19. The van der Waals surface area contributed by atoms with Crippen molar-refractivity contribution in [2.75, 3.05) is 33.4 Å². The molecule has 0 bridgehead atoms. The van der Waals surface area contributed by atoms with E-state index in [4.69, 9.17) is 0 Å². The quantitative estimate of drug-likeness (QED) is 0.585. The van der Waals surface area contributed by atoms with Gasteiger partial charge in [-0.05, 0) is 69.3 Å². The second-order valence-corrected chi connectivity index (χ2v) is 9.78. The van der Waals surface area contributed by atoms with E-state index >= 15 is 0 Å². The van der Waals surface area contributed by atoms with Crippen LogP contribution in [-0.2, 0) is 0 Å². The summed E-state index contributed by atoms with van der Waals surface area (Å²) in [7, 11) is 4.17. The van der Waals surface area contributed by atoms with Crippen molar-refractivity contribution in [3.05, 3.63) is 22.4 Å². The summed E-state index contributed by atoms with van der Waals surface area (Å²) in [6.07, 6.45) is 10.0. The lowest BCUT2D eigenvalue weighted by Gasteiger charge is -2.39. The van der Waals surface area contributed by atoms with Crippen molar-refractivity contribution < 1.29 is 0 Å². The average Bonchev–Trinajstić information content (AvgIpc) is 3.19. The van der Waals surface area contributed by atoms with Gasteiger partial charge in [-0.3, -0.25) is 9.89 Å². The van der Waals surface area contributed by atoms with E-state index in [1.54, 1.807) is 0 Å². The van der Waals surface area contributed by atoms with Crippen LogP contribution >= 0.6 is 23.1 Å². The zero-order chi connectivity index (χ0) is 18.4. The van der Waals surface area contributed by atoms with Crippen molar-refractivity contribution in [3.63, 3.8) is 0 Å². The molecule has 0 radical (unpaired) electrons. The predicted molar refractivity (Wildman–Crippen MR) is 116 cm³/mol. The predicted octanol–water partition coefficient (Wildman–Crippen LogP) is 3.97. The normalized spacial score (nSPS) is 31.0. The van der Waals surface area contributed by atoms with Crippen LogP contribution in [0.3, 0.4) is 0 Å². The highest BCUT2D eigenvalue weighted by molar-refractivity contribution is 7.99. The number of aliphatic imine (C=N–C) groups is 1. The van der Waals surface area contributed by atoms with Gasteiger partial charge in [0.15, 0.2) is 5.96 Å². The summed E-state index contributed by atoms with van der Waals surface area (Å²) in [5, 5.41) is 10.3. The molecule has 2 aliphatic rings. The average molecular weight is 395 g/mol. The SMILES string of the molecule is CN=C(NCC1CCCN(C)C1c1cccs1)NC1CCCC(SC)C1. The van der Waals surface area contributed by atoms with Gasteiger partial charge in [-0.2, -0.15) is 11.8 Å². The second-order valence-electron chi connectivity index (χ2n) is 7.66. The first-order valence-corrected chi connectivity index (χ1v) is 12.1. The number of thiophene rings is 1. The monoisotopic (exact) mass is 394 g/mol. The van der Waals surface area contributed by atoms with Crippen molar-refractivity contribution in [1.29, 1.82) is 0 Å². The minimum absolute atomic E-state index is 0.532. The molecule has 4 atom stereocenters. The first kappa shape index (κ1) is 20.0. The molecular formula is C20H34N4S2. The third-order valence-corrected chi connectivity index (χ3v) is 7.94. The van der Waals surface area contributed by atoms with Crippen LogP contribution in [0.1, 0.15) is 49.4 Å². The number of guanidine groups is 1. The zero-order valence-corrected chi connectivity index (χ0v) is 18.0. The molecule has 26 heavy (non-hydrogen) atoms. The highest BCUT2D eigenvalue weighted by Crippen LogP contribution is 2.36. The summed E-state index contributed by atoms with van der Waals surface area (Å²) in [4.78, 5) is 8.53. The minimum atomic E-state index is 0.532. The fraction of sp³-hybridized carbons (Fsp3) is 0.750. The highest BCUT2D eigenvalue weighted by atomic mass is 32.2. The Balaban J connectivity index is 1.55. The van der Waals surface area contributed by atoms with Crippen molar-refractivity contribution in [3.8, 4) is 0 Å². The van der Waals surface area contributed by atoms with Crippen molar-refractivity contribution in [2.45, 2.75) is 55.9 Å². The lowest BCUT2D eigenvalue weighted by Crippen LogP contribution is -2.48. The van der Waals surface area contributed by atoms with Crippen LogP contribution in [0.15, 0.2) is 22.5 Å². The molecule has 0 amide bonds. The molecule has 146 valence electrons. The Morgan fingerprint density at radius 2 is 2.23 bits per heavy atom. The maximum atomic E-state index is 4.50. The molecule has 2 fully saturated rings. The first-order chi connectivity index (χ1) is 12.7. The van der Waals surface area contributed by atoms with E-state index in [9.17, 15) is 0 Å². The van der Waals surface area contributed by atoms with Gasteiger partial charge in [0.25, 0.3) is 0 Å². The van der Waals surface area contributed by atoms with Crippen LogP contribution in [0.2, 0.25) is 0 Å². The van der Waals surface area contributed by atoms with E-state index in [1.807, 2.05) is 30.1 Å². The van der Waals surface area contributed by atoms with Crippen LogP contribution in [0.25, 0.3) is 0 Å². The Labute approximate surface area is 167 Å². The molecule has 4 unspecified atom stereocenters. The maximum absolute atomic E-state index is 4.50. The second kappa shape index (κ2) is 10.00. The van der Waals surface area contributed by atoms with E-state index in [0.717, 1.165) is 17.8 Å². The van der Waals surface area contributed by atoms with Crippen molar-refractivity contribution in [2.24, 2.45) is 10.9 Å². The Morgan fingerprint density at radius 3 is 2.96 bits per heavy atom. The van der Waals surface area contributed by atoms with Crippen LogP contribution in [0, 0.1) is 5.92 Å². The van der Waals surface area contributed by atoms with Crippen LogP contribution in [0.5, 0.6) is 0 Å². The smallest absolute Gasteiger partial charge is 0.191 e. The third-order valence-electron chi connectivity index (χ3n) is 5.90. The molecule has 0 spiro atoms. The van der Waals surface area contributed by atoms with E-state index in [1.165, 1.54) is 49.9 Å². The lowest BCUT2D eigenvalue weighted by atomic mass is 9.88. The molecule has 2 heterocycles. The number of piperidine rings is 1. The first-order valence-electron chi connectivity index (χ1n) is 9.95. The summed E-state index contributed by atoms with van der Waals surface area (Å²) >= 11 is 3.91. The molecule has 1 aliphatic heterocycles. The number of nitrogens with one attached hydrogen (secondary N) is 2. The Kier molecular flexibility index (Phi) is 7.70. The summed E-state index contributed by atoms with van der Waals surface area (Å²) in [6, 6.07) is 5.57. The fourth-order valence-electron chi connectivity index (χ4n) is 4.49. The molecule has 4 nitrogen and oxygen atoms in total. The molecule has 0 aromatic carbocycles. The molecule has 1 aromatic rings. The third kappa shape index (κ3) is 5.17. The van der Waals surface area contributed by atoms with Crippen molar-refractivity contribution in [1.82, 2.24) is 15.5 Å². The molecule has 2 N–H and O–H groups in total. The number of rotatable bonds is 5. The number of hydrogen-bond donors (Lipinski definition) is 2. The van der Waals surface area contributed by atoms with E-state index in [-0.39, 0.29) is 0 Å². The van der Waals surface area contributed by atoms with Gasteiger partial charge in [0.1, 0.15) is 0 Å². The van der Waals surface area contributed by atoms with Crippen molar-refractivity contribution >= 4 is 29.1 Å². The summed E-state index contributed by atoms with van der Waals surface area (Å²) in [5.41, 5.74) is 0. The van der Waals surface area contributed by atoms with E-state index < -0.39 is 0 Å². The van der Waals surface area contributed by atoms with Gasteiger partial charge in [-0.25, -0.2) is 0 Å². The number of thioether (sulfide) groups is 1. The maximum Gasteiger partial charge on any atom is 0.191 e. The van der Waals surface area contributed by atoms with Gasteiger partial charge < -0.3 is 10.6 Å². The van der Waals surface area contributed by atoms with Crippen LogP contribution < -0.4 is 10.6 Å². The van der Waals surface area contributed by atoms with Gasteiger partial charge in [-0.15, -0.1) is 11.3 Å². The molecule has 1 saturated carbocycles. The lowest BCUT2D eigenvalue weighted by molar-refractivity contribution is 0.125. The Hall–Kier alpha value is -0.720. The largest absolute Gasteiger partial charge is 0.356 e. The van der Waals surface area contributed by atoms with E-state index in [0.29, 0.717) is 18.0 Å². The fourth-order valence-corrected chi connectivity index (χ4v) is 6.30. The molecule has 6 heteroatoms. The number of nitrogens with zero attached hydrogens (tertiary/aromatic N) is 2.